The third-order valence-corrected chi connectivity index (χ3v) is 4.01. The average molecular weight is 361 g/mol. The van der Waals surface area contributed by atoms with Crippen LogP contribution in [0.3, 0.4) is 0 Å². The second kappa shape index (κ2) is 9.94. The van der Waals surface area contributed by atoms with Gasteiger partial charge < -0.3 is 15.4 Å². The lowest BCUT2D eigenvalue weighted by molar-refractivity contribution is 0.236. The van der Waals surface area contributed by atoms with Crippen LogP contribution in [0, 0.1) is 0 Å². The molecule has 25 heavy (non-hydrogen) atoms. The standard InChI is InChI=1S/C20H25ClN2O2/c1-15(2)18-8-3-4-9-19(18)25-13-12-23-20(24)22-11-10-16-6-5-7-17(21)14-16/h3-9,14-15H,10-13H2,1-2H3,(H2,22,23,24). The van der Waals surface area contributed by atoms with Gasteiger partial charge >= 0.3 is 6.03 Å². The van der Waals surface area contributed by atoms with Crippen LogP contribution in [0.2, 0.25) is 5.02 Å². The molecule has 0 atom stereocenters. The molecular formula is C20H25ClN2O2. The fourth-order valence-electron chi connectivity index (χ4n) is 2.49. The van der Waals surface area contributed by atoms with Crippen LogP contribution in [-0.2, 0) is 6.42 Å². The van der Waals surface area contributed by atoms with Crippen LogP contribution in [0.1, 0.15) is 30.9 Å². The number of para-hydroxylation sites is 1. The lowest BCUT2D eigenvalue weighted by Gasteiger charge is -2.14. The first-order valence-electron chi connectivity index (χ1n) is 8.54. The van der Waals surface area contributed by atoms with Crippen molar-refractivity contribution in [1.82, 2.24) is 10.6 Å². The van der Waals surface area contributed by atoms with Gasteiger partial charge in [0.25, 0.3) is 0 Å². The van der Waals surface area contributed by atoms with Crippen molar-refractivity contribution in [2.45, 2.75) is 26.2 Å². The lowest BCUT2D eigenvalue weighted by atomic mass is 10.0. The molecule has 0 radical (unpaired) electrons. The van der Waals surface area contributed by atoms with E-state index < -0.39 is 0 Å². The minimum atomic E-state index is -0.192. The number of hydrogen-bond donors (Lipinski definition) is 2. The van der Waals surface area contributed by atoms with Crippen molar-refractivity contribution >= 4 is 17.6 Å². The van der Waals surface area contributed by atoms with Gasteiger partial charge in [-0.1, -0.05) is 55.8 Å². The van der Waals surface area contributed by atoms with Crippen molar-refractivity contribution in [3.8, 4) is 5.75 Å². The van der Waals surface area contributed by atoms with Gasteiger partial charge in [0.05, 0.1) is 6.54 Å². The number of amides is 2. The number of hydrogen-bond acceptors (Lipinski definition) is 2. The molecule has 0 bridgehead atoms. The number of nitrogens with one attached hydrogen (secondary N) is 2. The molecule has 0 heterocycles. The third-order valence-electron chi connectivity index (χ3n) is 3.77. The van der Waals surface area contributed by atoms with E-state index in [0.717, 1.165) is 17.7 Å². The molecule has 134 valence electrons. The molecule has 0 aliphatic heterocycles. The highest BCUT2D eigenvalue weighted by molar-refractivity contribution is 6.30. The fraction of sp³-hybridized carbons (Fsp3) is 0.350. The van der Waals surface area contributed by atoms with Crippen LogP contribution in [0.25, 0.3) is 0 Å². The first kappa shape index (κ1) is 19.1. The topological polar surface area (TPSA) is 50.4 Å². The zero-order valence-corrected chi connectivity index (χ0v) is 15.5. The summed E-state index contributed by atoms with van der Waals surface area (Å²) in [5.41, 5.74) is 2.27. The first-order valence-corrected chi connectivity index (χ1v) is 8.92. The van der Waals surface area contributed by atoms with Gasteiger partial charge in [-0.2, -0.15) is 0 Å². The summed E-state index contributed by atoms with van der Waals surface area (Å²) in [6, 6.07) is 15.4. The van der Waals surface area contributed by atoms with Gasteiger partial charge in [0.15, 0.2) is 0 Å². The maximum absolute atomic E-state index is 11.8. The van der Waals surface area contributed by atoms with Gasteiger partial charge in [-0.25, -0.2) is 4.79 Å². The van der Waals surface area contributed by atoms with E-state index in [9.17, 15) is 4.79 Å². The molecule has 0 aromatic heterocycles. The summed E-state index contributed by atoms with van der Waals surface area (Å²) in [6.07, 6.45) is 0.742. The highest BCUT2D eigenvalue weighted by atomic mass is 35.5. The normalized spacial score (nSPS) is 10.6. The number of carbonyl (C=O) groups excluding carboxylic acids is 1. The minimum Gasteiger partial charge on any atom is -0.491 e. The Hall–Kier alpha value is -2.20. The van der Waals surface area contributed by atoms with Crippen molar-refractivity contribution in [2.24, 2.45) is 0 Å². The van der Waals surface area contributed by atoms with Crippen LogP contribution in [0.15, 0.2) is 48.5 Å². The summed E-state index contributed by atoms with van der Waals surface area (Å²) in [6.45, 7) is 5.71. The van der Waals surface area contributed by atoms with E-state index >= 15 is 0 Å². The van der Waals surface area contributed by atoms with Gasteiger partial charge in [0.1, 0.15) is 12.4 Å². The monoisotopic (exact) mass is 360 g/mol. The van der Waals surface area contributed by atoms with Gasteiger partial charge in [0, 0.05) is 11.6 Å². The molecule has 0 aliphatic carbocycles. The van der Waals surface area contributed by atoms with E-state index in [2.05, 4.69) is 30.5 Å². The van der Waals surface area contributed by atoms with Crippen molar-refractivity contribution in [1.29, 1.82) is 0 Å². The maximum atomic E-state index is 11.8. The highest BCUT2D eigenvalue weighted by Gasteiger charge is 2.06. The molecule has 2 aromatic carbocycles. The molecular weight excluding hydrogens is 336 g/mol. The second-order valence-corrected chi connectivity index (χ2v) is 6.54. The van der Waals surface area contributed by atoms with Crippen LogP contribution in [0.5, 0.6) is 5.75 Å². The summed E-state index contributed by atoms with van der Waals surface area (Å²) >= 11 is 5.94. The minimum absolute atomic E-state index is 0.192. The molecule has 2 rings (SSSR count). The lowest BCUT2D eigenvalue weighted by Crippen LogP contribution is -2.38. The Morgan fingerprint density at radius 1 is 1.08 bits per heavy atom. The summed E-state index contributed by atoms with van der Waals surface area (Å²) < 4.78 is 5.78. The first-order chi connectivity index (χ1) is 12.1. The molecule has 0 spiro atoms. The highest BCUT2D eigenvalue weighted by Crippen LogP contribution is 2.25. The van der Waals surface area contributed by atoms with E-state index in [1.54, 1.807) is 0 Å². The second-order valence-electron chi connectivity index (χ2n) is 6.10. The molecule has 5 heteroatoms. The van der Waals surface area contributed by atoms with Crippen LogP contribution >= 0.6 is 11.6 Å². The van der Waals surface area contributed by atoms with Crippen molar-refractivity contribution in [2.75, 3.05) is 19.7 Å². The van der Waals surface area contributed by atoms with E-state index in [4.69, 9.17) is 16.3 Å². The Labute approximate surface area is 154 Å². The summed E-state index contributed by atoms with van der Waals surface area (Å²) in [5.74, 6) is 1.28. The van der Waals surface area contributed by atoms with Crippen LogP contribution < -0.4 is 15.4 Å². The average Bonchev–Trinajstić information content (AvgIpc) is 2.59. The van der Waals surface area contributed by atoms with E-state index in [1.807, 2.05) is 42.5 Å². The Balaban J connectivity index is 1.64. The third kappa shape index (κ3) is 6.67. The molecule has 0 unspecified atom stereocenters. The number of rotatable bonds is 8. The molecule has 2 amide bonds. The number of urea groups is 1. The molecule has 2 N–H and O–H groups in total. The zero-order chi connectivity index (χ0) is 18.1. The quantitative estimate of drug-likeness (QED) is 0.686. The van der Waals surface area contributed by atoms with Gasteiger partial charge in [0.2, 0.25) is 0 Å². The van der Waals surface area contributed by atoms with Gasteiger partial charge in [-0.15, -0.1) is 0 Å². The molecule has 4 nitrogen and oxygen atoms in total. The van der Waals surface area contributed by atoms with Gasteiger partial charge in [-0.3, -0.25) is 0 Å². The van der Waals surface area contributed by atoms with E-state index in [1.165, 1.54) is 5.56 Å². The maximum Gasteiger partial charge on any atom is 0.314 e. The Kier molecular flexibility index (Phi) is 7.61. The SMILES string of the molecule is CC(C)c1ccccc1OCCNC(=O)NCCc1cccc(Cl)c1. The number of benzene rings is 2. The predicted octanol–water partition coefficient (Wildman–Crippen LogP) is 4.38. The molecule has 0 aliphatic rings. The van der Waals surface area contributed by atoms with Crippen molar-refractivity contribution in [3.05, 3.63) is 64.7 Å². The van der Waals surface area contributed by atoms with Crippen LogP contribution in [-0.4, -0.2) is 25.7 Å². The van der Waals surface area contributed by atoms with Crippen molar-refractivity contribution < 1.29 is 9.53 Å². The molecule has 0 fully saturated rings. The Bertz CT molecular complexity index is 689. The summed E-state index contributed by atoms with van der Waals surface area (Å²) in [7, 11) is 0. The van der Waals surface area contributed by atoms with E-state index in [-0.39, 0.29) is 6.03 Å². The Morgan fingerprint density at radius 2 is 1.84 bits per heavy atom. The fourth-order valence-corrected chi connectivity index (χ4v) is 2.70. The number of carbonyl (C=O) groups is 1. The van der Waals surface area contributed by atoms with E-state index in [0.29, 0.717) is 30.6 Å². The van der Waals surface area contributed by atoms with Gasteiger partial charge in [-0.05, 0) is 41.7 Å². The molecule has 0 saturated heterocycles. The van der Waals surface area contributed by atoms with Crippen molar-refractivity contribution in [3.63, 3.8) is 0 Å². The predicted molar refractivity (Wildman–Crippen MR) is 103 cm³/mol. The van der Waals surface area contributed by atoms with Crippen LogP contribution in [0.4, 0.5) is 4.79 Å². The summed E-state index contributed by atoms with van der Waals surface area (Å²) in [5, 5.41) is 6.34. The number of ether oxygens (including phenoxy) is 1. The molecule has 0 saturated carbocycles. The zero-order valence-electron chi connectivity index (χ0n) is 14.7. The number of halogens is 1. The Morgan fingerprint density at radius 3 is 2.60 bits per heavy atom. The molecule has 2 aromatic rings. The summed E-state index contributed by atoms with van der Waals surface area (Å²) in [4.78, 5) is 11.8. The smallest absolute Gasteiger partial charge is 0.314 e. The largest absolute Gasteiger partial charge is 0.491 e.